The van der Waals surface area contributed by atoms with Gasteiger partial charge in [0.05, 0.1) is 6.21 Å². The van der Waals surface area contributed by atoms with Gasteiger partial charge in [-0.15, -0.1) is 0 Å². The minimum atomic E-state index is 0.00865. The second-order valence-electron chi connectivity index (χ2n) is 5.93. The van der Waals surface area contributed by atoms with Crippen LogP contribution in [0.15, 0.2) is 29.4 Å². The third-order valence-corrected chi connectivity index (χ3v) is 3.74. The summed E-state index contributed by atoms with van der Waals surface area (Å²) in [4.78, 5) is 11.6. The fourth-order valence-corrected chi connectivity index (χ4v) is 2.31. The number of carbonyl (C=O) groups excluding carboxylic acids is 1. The van der Waals surface area contributed by atoms with Crippen LogP contribution < -0.4 is 5.43 Å². The topological polar surface area (TPSA) is 41.5 Å². The Bertz CT molecular complexity index is 437. The maximum atomic E-state index is 11.6. The van der Waals surface area contributed by atoms with Crippen LogP contribution in [-0.4, -0.2) is 12.1 Å². The lowest BCUT2D eigenvalue weighted by Gasteiger charge is -2.01. The highest BCUT2D eigenvalue weighted by Crippen LogP contribution is 2.09. The van der Waals surface area contributed by atoms with Gasteiger partial charge in [0.25, 0.3) is 0 Å². The molecule has 0 saturated carbocycles. The van der Waals surface area contributed by atoms with Gasteiger partial charge in [-0.3, -0.25) is 4.79 Å². The molecule has 0 radical (unpaired) electrons. The SMILES string of the molecule is CCCCCCCCCCC(=O)NN=Cc1ccc(C)cc1. The molecule has 1 aromatic carbocycles. The smallest absolute Gasteiger partial charge is 0.240 e. The molecular formula is C19H30N2O. The van der Waals surface area contributed by atoms with Gasteiger partial charge in [-0.2, -0.15) is 5.10 Å². The summed E-state index contributed by atoms with van der Waals surface area (Å²) >= 11 is 0. The van der Waals surface area contributed by atoms with Crippen LogP contribution in [0.1, 0.15) is 75.8 Å². The van der Waals surface area contributed by atoms with Crippen molar-refractivity contribution < 1.29 is 4.79 Å². The van der Waals surface area contributed by atoms with E-state index in [1.165, 1.54) is 44.1 Å². The molecule has 0 heterocycles. The monoisotopic (exact) mass is 302 g/mol. The summed E-state index contributed by atoms with van der Waals surface area (Å²) in [7, 11) is 0. The van der Waals surface area contributed by atoms with Gasteiger partial charge in [0.2, 0.25) is 5.91 Å². The molecule has 1 amide bonds. The molecule has 0 saturated heterocycles. The zero-order valence-electron chi connectivity index (χ0n) is 14.1. The Labute approximate surface area is 135 Å². The molecule has 3 nitrogen and oxygen atoms in total. The normalized spacial score (nSPS) is 11.0. The summed E-state index contributed by atoms with van der Waals surface area (Å²) in [6.07, 6.45) is 12.2. The Kier molecular flexibility index (Phi) is 10.0. The van der Waals surface area contributed by atoms with E-state index in [0.29, 0.717) is 6.42 Å². The Hall–Kier alpha value is -1.64. The highest BCUT2D eigenvalue weighted by Gasteiger charge is 1.99. The van der Waals surface area contributed by atoms with Gasteiger partial charge in [-0.25, -0.2) is 5.43 Å². The Morgan fingerprint density at radius 2 is 1.59 bits per heavy atom. The Balaban J connectivity index is 2.02. The quantitative estimate of drug-likeness (QED) is 0.350. The molecular weight excluding hydrogens is 272 g/mol. The Morgan fingerprint density at radius 1 is 1.00 bits per heavy atom. The maximum Gasteiger partial charge on any atom is 0.240 e. The van der Waals surface area contributed by atoms with Crippen molar-refractivity contribution in [1.82, 2.24) is 5.43 Å². The van der Waals surface area contributed by atoms with Crippen molar-refractivity contribution in [3.63, 3.8) is 0 Å². The molecule has 0 fully saturated rings. The standard InChI is InChI=1S/C19H30N2O/c1-3-4-5-6-7-8-9-10-11-19(22)21-20-16-18-14-12-17(2)13-15-18/h12-16H,3-11H2,1-2H3,(H,21,22). The molecule has 0 unspecified atom stereocenters. The number of hydrazone groups is 1. The van der Waals surface area contributed by atoms with Crippen molar-refractivity contribution in [2.45, 2.75) is 71.6 Å². The minimum absolute atomic E-state index is 0.00865. The predicted molar refractivity (Wildman–Crippen MR) is 94.1 cm³/mol. The van der Waals surface area contributed by atoms with Crippen molar-refractivity contribution in [3.8, 4) is 0 Å². The third-order valence-electron chi connectivity index (χ3n) is 3.74. The molecule has 0 aliphatic rings. The largest absolute Gasteiger partial charge is 0.273 e. The molecule has 1 rings (SSSR count). The van der Waals surface area contributed by atoms with Crippen molar-refractivity contribution in [2.24, 2.45) is 5.10 Å². The molecule has 0 bridgehead atoms. The lowest BCUT2D eigenvalue weighted by molar-refractivity contribution is -0.121. The number of nitrogens with one attached hydrogen (secondary N) is 1. The highest BCUT2D eigenvalue weighted by molar-refractivity contribution is 5.82. The number of aryl methyl sites for hydroxylation is 1. The first-order valence-corrected chi connectivity index (χ1v) is 8.61. The Morgan fingerprint density at radius 3 is 2.23 bits per heavy atom. The van der Waals surface area contributed by atoms with Gasteiger partial charge in [0.15, 0.2) is 0 Å². The van der Waals surface area contributed by atoms with E-state index in [1.807, 2.05) is 31.2 Å². The lowest BCUT2D eigenvalue weighted by Crippen LogP contribution is -2.16. The van der Waals surface area contributed by atoms with E-state index in [0.717, 1.165) is 18.4 Å². The number of amides is 1. The number of hydrogen-bond donors (Lipinski definition) is 1. The summed E-state index contributed by atoms with van der Waals surface area (Å²) in [5.74, 6) is 0.00865. The molecule has 0 aliphatic carbocycles. The van der Waals surface area contributed by atoms with Crippen molar-refractivity contribution in [1.29, 1.82) is 0 Å². The van der Waals surface area contributed by atoms with Crippen LogP contribution in [0.3, 0.4) is 0 Å². The first kappa shape index (κ1) is 18.4. The summed E-state index contributed by atoms with van der Waals surface area (Å²) in [6.45, 7) is 4.28. The number of rotatable bonds is 11. The number of nitrogens with zero attached hydrogens (tertiary/aromatic N) is 1. The molecule has 1 aromatic rings. The van der Waals surface area contributed by atoms with Gasteiger partial charge in [-0.05, 0) is 18.9 Å². The van der Waals surface area contributed by atoms with E-state index < -0.39 is 0 Å². The molecule has 0 spiro atoms. The number of benzene rings is 1. The summed E-state index contributed by atoms with van der Waals surface area (Å²) < 4.78 is 0. The molecule has 122 valence electrons. The van der Waals surface area contributed by atoms with Crippen LogP contribution in [0, 0.1) is 6.92 Å². The van der Waals surface area contributed by atoms with Crippen molar-refractivity contribution >= 4 is 12.1 Å². The van der Waals surface area contributed by atoms with E-state index in [4.69, 9.17) is 0 Å². The third kappa shape index (κ3) is 9.32. The van der Waals surface area contributed by atoms with E-state index in [1.54, 1.807) is 6.21 Å². The first-order chi connectivity index (χ1) is 10.7. The van der Waals surface area contributed by atoms with E-state index in [2.05, 4.69) is 17.5 Å². The summed E-state index contributed by atoms with van der Waals surface area (Å²) in [5, 5.41) is 4.00. The van der Waals surface area contributed by atoms with Crippen molar-refractivity contribution in [3.05, 3.63) is 35.4 Å². The van der Waals surface area contributed by atoms with E-state index in [-0.39, 0.29) is 5.91 Å². The second kappa shape index (κ2) is 12.0. The molecule has 0 aliphatic heterocycles. The molecule has 0 atom stereocenters. The number of hydrogen-bond acceptors (Lipinski definition) is 2. The van der Waals surface area contributed by atoms with Gasteiger partial charge in [0, 0.05) is 6.42 Å². The van der Waals surface area contributed by atoms with Gasteiger partial charge < -0.3 is 0 Å². The number of carbonyl (C=O) groups is 1. The predicted octanol–water partition coefficient (Wildman–Crippen LogP) is 4.98. The van der Waals surface area contributed by atoms with E-state index in [9.17, 15) is 4.79 Å². The lowest BCUT2D eigenvalue weighted by atomic mass is 10.1. The summed E-state index contributed by atoms with van der Waals surface area (Å²) in [6, 6.07) is 8.04. The van der Waals surface area contributed by atoms with Gasteiger partial charge >= 0.3 is 0 Å². The molecule has 3 heteroatoms. The van der Waals surface area contributed by atoms with Crippen LogP contribution in [0.25, 0.3) is 0 Å². The average Bonchev–Trinajstić information content (AvgIpc) is 2.52. The van der Waals surface area contributed by atoms with Crippen LogP contribution in [-0.2, 0) is 4.79 Å². The fourth-order valence-electron chi connectivity index (χ4n) is 2.31. The van der Waals surface area contributed by atoms with Gasteiger partial charge in [0.1, 0.15) is 0 Å². The molecule has 0 aromatic heterocycles. The fraction of sp³-hybridized carbons (Fsp3) is 0.579. The summed E-state index contributed by atoms with van der Waals surface area (Å²) in [5.41, 5.74) is 4.81. The maximum absolute atomic E-state index is 11.6. The van der Waals surface area contributed by atoms with Crippen LogP contribution in [0.5, 0.6) is 0 Å². The van der Waals surface area contributed by atoms with Gasteiger partial charge in [-0.1, -0.05) is 81.7 Å². The van der Waals surface area contributed by atoms with E-state index >= 15 is 0 Å². The first-order valence-electron chi connectivity index (χ1n) is 8.61. The minimum Gasteiger partial charge on any atom is -0.273 e. The second-order valence-corrected chi connectivity index (χ2v) is 5.93. The van der Waals surface area contributed by atoms with Crippen LogP contribution in [0.2, 0.25) is 0 Å². The highest BCUT2D eigenvalue weighted by atomic mass is 16.2. The van der Waals surface area contributed by atoms with Crippen molar-refractivity contribution in [2.75, 3.05) is 0 Å². The average molecular weight is 302 g/mol. The molecule has 22 heavy (non-hydrogen) atoms. The zero-order chi connectivity index (χ0) is 16.0. The zero-order valence-corrected chi connectivity index (χ0v) is 14.1. The van der Waals surface area contributed by atoms with Crippen LogP contribution >= 0.6 is 0 Å². The molecule has 1 N–H and O–H groups in total. The number of unbranched alkanes of at least 4 members (excludes halogenated alkanes) is 7. The van der Waals surface area contributed by atoms with Crippen LogP contribution in [0.4, 0.5) is 0 Å².